The third kappa shape index (κ3) is 4.43. The third-order valence-corrected chi connectivity index (χ3v) is 3.42. The lowest BCUT2D eigenvalue weighted by molar-refractivity contribution is -0.144. The van der Waals surface area contributed by atoms with Gasteiger partial charge in [0.15, 0.2) is 0 Å². The molecule has 4 N–H and O–H groups in total. The summed E-state index contributed by atoms with van der Waals surface area (Å²) in [5.74, 6) is 4.38. The fourth-order valence-electron chi connectivity index (χ4n) is 2.43. The van der Waals surface area contributed by atoms with E-state index in [0.29, 0.717) is 12.5 Å². The molecule has 1 aromatic heterocycles. The van der Waals surface area contributed by atoms with Crippen molar-refractivity contribution >= 4 is 11.6 Å². The van der Waals surface area contributed by atoms with E-state index in [4.69, 9.17) is 5.84 Å². The SMILES string of the molecule is CN1CCCC(CNc2cc(NN)nc(C(F)(F)F)n2)C1. The molecule has 1 aliphatic heterocycles. The predicted molar refractivity (Wildman–Crippen MR) is 73.6 cm³/mol. The van der Waals surface area contributed by atoms with Crippen molar-refractivity contribution in [3.8, 4) is 0 Å². The lowest BCUT2D eigenvalue weighted by atomic mass is 9.98. The van der Waals surface area contributed by atoms with Crippen LogP contribution < -0.4 is 16.6 Å². The van der Waals surface area contributed by atoms with Crippen LogP contribution in [0.1, 0.15) is 18.7 Å². The highest BCUT2D eigenvalue weighted by Crippen LogP contribution is 2.28. The molecule has 2 heterocycles. The van der Waals surface area contributed by atoms with E-state index in [2.05, 4.69) is 25.6 Å². The van der Waals surface area contributed by atoms with Gasteiger partial charge in [0, 0.05) is 19.2 Å². The van der Waals surface area contributed by atoms with Crippen LogP contribution in [0.15, 0.2) is 6.07 Å². The van der Waals surface area contributed by atoms with Gasteiger partial charge in [-0.05, 0) is 32.4 Å². The zero-order valence-corrected chi connectivity index (χ0v) is 11.7. The second kappa shape index (κ2) is 6.44. The Balaban J connectivity index is 2.05. The Hall–Kier alpha value is -1.61. The molecule has 0 aromatic carbocycles. The number of anilines is 2. The molecule has 1 aromatic rings. The Morgan fingerprint density at radius 2 is 2.10 bits per heavy atom. The molecule has 21 heavy (non-hydrogen) atoms. The maximum atomic E-state index is 12.7. The Bertz CT molecular complexity index is 479. The molecule has 1 atom stereocenters. The summed E-state index contributed by atoms with van der Waals surface area (Å²) >= 11 is 0. The first-order chi connectivity index (χ1) is 9.88. The zero-order chi connectivity index (χ0) is 15.5. The molecule has 1 fully saturated rings. The number of hydrogen-bond donors (Lipinski definition) is 3. The first-order valence-corrected chi connectivity index (χ1v) is 6.74. The van der Waals surface area contributed by atoms with Crippen molar-refractivity contribution in [3.63, 3.8) is 0 Å². The van der Waals surface area contributed by atoms with E-state index < -0.39 is 12.0 Å². The van der Waals surface area contributed by atoms with E-state index in [-0.39, 0.29) is 11.6 Å². The molecule has 118 valence electrons. The van der Waals surface area contributed by atoms with Gasteiger partial charge in [-0.3, -0.25) is 0 Å². The monoisotopic (exact) mass is 304 g/mol. The zero-order valence-electron chi connectivity index (χ0n) is 11.7. The lowest BCUT2D eigenvalue weighted by Gasteiger charge is -2.29. The molecule has 0 radical (unpaired) electrons. The van der Waals surface area contributed by atoms with Crippen molar-refractivity contribution in [1.82, 2.24) is 14.9 Å². The van der Waals surface area contributed by atoms with Crippen molar-refractivity contribution in [3.05, 3.63) is 11.9 Å². The second-order valence-electron chi connectivity index (χ2n) is 5.26. The molecule has 6 nitrogen and oxygen atoms in total. The Labute approximate surface area is 120 Å². The Morgan fingerprint density at radius 3 is 2.71 bits per heavy atom. The third-order valence-electron chi connectivity index (χ3n) is 3.42. The Kier molecular flexibility index (Phi) is 4.84. The standard InChI is InChI=1S/C12H19F3N6/c1-21-4-2-3-8(7-21)6-17-9-5-10(20-16)19-11(18-9)12(13,14)15/h5,8H,2-4,6-7,16H2,1H3,(H2,17,18,19,20). The van der Waals surface area contributed by atoms with Crippen LogP contribution in [-0.4, -0.2) is 41.5 Å². The van der Waals surface area contributed by atoms with E-state index in [0.717, 1.165) is 25.9 Å². The molecular formula is C12H19F3N6. The molecule has 9 heteroatoms. The fraction of sp³-hybridized carbons (Fsp3) is 0.667. The van der Waals surface area contributed by atoms with Crippen molar-refractivity contribution < 1.29 is 13.2 Å². The molecule has 1 aliphatic rings. The van der Waals surface area contributed by atoms with Gasteiger partial charge >= 0.3 is 6.18 Å². The maximum absolute atomic E-state index is 12.7. The Morgan fingerprint density at radius 1 is 1.38 bits per heavy atom. The van der Waals surface area contributed by atoms with Crippen LogP contribution in [0.5, 0.6) is 0 Å². The number of rotatable bonds is 4. The van der Waals surface area contributed by atoms with Gasteiger partial charge < -0.3 is 15.6 Å². The number of nitrogens with one attached hydrogen (secondary N) is 2. The van der Waals surface area contributed by atoms with Gasteiger partial charge in [-0.2, -0.15) is 13.2 Å². The van der Waals surface area contributed by atoms with Crippen molar-refractivity contribution in [2.24, 2.45) is 11.8 Å². The molecule has 1 saturated heterocycles. The van der Waals surface area contributed by atoms with Crippen LogP contribution in [0, 0.1) is 5.92 Å². The van der Waals surface area contributed by atoms with Crippen LogP contribution in [0.25, 0.3) is 0 Å². The topological polar surface area (TPSA) is 79.1 Å². The van der Waals surface area contributed by atoms with Crippen LogP contribution >= 0.6 is 0 Å². The fourth-order valence-corrected chi connectivity index (χ4v) is 2.43. The summed E-state index contributed by atoms with van der Waals surface area (Å²) in [6, 6.07) is 1.36. The maximum Gasteiger partial charge on any atom is 0.451 e. The van der Waals surface area contributed by atoms with Gasteiger partial charge in [0.1, 0.15) is 11.6 Å². The number of piperidine rings is 1. The molecule has 0 saturated carbocycles. The highest BCUT2D eigenvalue weighted by molar-refractivity contribution is 5.47. The molecule has 0 amide bonds. The van der Waals surface area contributed by atoms with E-state index in [1.54, 1.807) is 0 Å². The van der Waals surface area contributed by atoms with Gasteiger partial charge in [0.25, 0.3) is 0 Å². The number of nitrogen functional groups attached to an aromatic ring is 1. The molecule has 2 rings (SSSR count). The summed E-state index contributed by atoms with van der Waals surface area (Å²) in [6.07, 6.45) is -2.46. The van der Waals surface area contributed by atoms with Crippen LogP contribution in [-0.2, 0) is 6.18 Å². The van der Waals surface area contributed by atoms with E-state index in [9.17, 15) is 13.2 Å². The molecular weight excluding hydrogens is 285 g/mol. The number of nitrogens with zero attached hydrogens (tertiary/aromatic N) is 3. The number of hydrogen-bond acceptors (Lipinski definition) is 6. The number of alkyl halides is 3. The molecule has 1 unspecified atom stereocenters. The van der Waals surface area contributed by atoms with Gasteiger partial charge in [0.2, 0.25) is 5.82 Å². The van der Waals surface area contributed by atoms with Gasteiger partial charge in [-0.25, -0.2) is 15.8 Å². The normalized spacial score (nSPS) is 20.3. The van der Waals surface area contributed by atoms with E-state index in [1.165, 1.54) is 6.07 Å². The smallest absolute Gasteiger partial charge is 0.370 e. The summed E-state index contributed by atoms with van der Waals surface area (Å²) in [4.78, 5) is 9.02. The van der Waals surface area contributed by atoms with Crippen LogP contribution in [0.4, 0.5) is 24.8 Å². The van der Waals surface area contributed by atoms with Gasteiger partial charge in [-0.15, -0.1) is 0 Å². The average Bonchev–Trinajstić information content (AvgIpc) is 2.44. The van der Waals surface area contributed by atoms with E-state index in [1.807, 2.05) is 7.05 Å². The minimum Gasteiger partial charge on any atom is -0.370 e. The average molecular weight is 304 g/mol. The molecule has 0 spiro atoms. The molecule has 0 aliphatic carbocycles. The summed E-state index contributed by atoms with van der Waals surface area (Å²) in [6.45, 7) is 2.55. The number of aromatic nitrogens is 2. The number of likely N-dealkylation sites (tertiary alicyclic amines) is 1. The lowest BCUT2D eigenvalue weighted by Crippen LogP contribution is -2.35. The van der Waals surface area contributed by atoms with Crippen molar-refractivity contribution in [1.29, 1.82) is 0 Å². The largest absolute Gasteiger partial charge is 0.451 e. The van der Waals surface area contributed by atoms with Gasteiger partial charge in [-0.1, -0.05) is 0 Å². The number of halogens is 3. The van der Waals surface area contributed by atoms with E-state index >= 15 is 0 Å². The highest BCUT2D eigenvalue weighted by Gasteiger charge is 2.35. The summed E-state index contributed by atoms with van der Waals surface area (Å²) in [5, 5.41) is 2.95. The first kappa shape index (κ1) is 15.8. The quantitative estimate of drug-likeness (QED) is 0.578. The highest BCUT2D eigenvalue weighted by atomic mass is 19.4. The number of hydrazine groups is 1. The predicted octanol–water partition coefficient (Wildman–Crippen LogP) is 1.53. The van der Waals surface area contributed by atoms with Crippen molar-refractivity contribution in [2.75, 3.05) is 37.4 Å². The van der Waals surface area contributed by atoms with Crippen molar-refractivity contribution in [2.45, 2.75) is 19.0 Å². The summed E-state index contributed by atoms with van der Waals surface area (Å²) < 4.78 is 38.1. The first-order valence-electron chi connectivity index (χ1n) is 6.74. The summed E-state index contributed by atoms with van der Waals surface area (Å²) in [7, 11) is 2.04. The second-order valence-corrected chi connectivity index (χ2v) is 5.26. The minimum atomic E-state index is -4.60. The van der Waals surface area contributed by atoms with Crippen LogP contribution in [0.2, 0.25) is 0 Å². The number of nitrogens with two attached hydrogens (primary N) is 1. The van der Waals surface area contributed by atoms with Crippen LogP contribution in [0.3, 0.4) is 0 Å². The minimum absolute atomic E-state index is 0.0689. The summed E-state index contributed by atoms with van der Waals surface area (Å²) in [5.41, 5.74) is 2.13. The molecule has 0 bridgehead atoms. The van der Waals surface area contributed by atoms with Gasteiger partial charge in [0.05, 0.1) is 0 Å².